The zero-order valence-corrected chi connectivity index (χ0v) is 10.7. The number of nitrogens with one attached hydrogen (secondary N) is 1. The van der Waals surface area contributed by atoms with E-state index in [9.17, 15) is 12.8 Å². The van der Waals surface area contributed by atoms with Crippen LogP contribution in [-0.2, 0) is 9.84 Å². The summed E-state index contributed by atoms with van der Waals surface area (Å²) < 4.78 is 36.2. The maximum atomic E-state index is 13.7. The predicted molar refractivity (Wildman–Crippen MR) is 64.3 cm³/mol. The second kappa shape index (κ2) is 4.38. The van der Waals surface area contributed by atoms with Crippen LogP contribution in [0.1, 0.15) is 24.3 Å². The Labute approximate surface area is 101 Å². The van der Waals surface area contributed by atoms with E-state index < -0.39 is 15.7 Å². The first kappa shape index (κ1) is 12.5. The normalized spacial score (nSPS) is 24.4. The summed E-state index contributed by atoms with van der Waals surface area (Å²) >= 11 is 0. The molecule has 0 radical (unpaired) electrons. The van der Waals surface area contributed by atoms with Gasteiger partial charge in [-0.1, -0.05) is 6.07 Å². The standard InChI is InChI=1S/C12H16FNO2S/c1-14-10-5-9(6-10)8-3-4-12(11(13)7-8)17(2,15)16/h3-4,7,9-10,14H,5-6H2,1-2H3. The molecule has 0 heterocycles. The van der Waals surface area contributed by atoms with Crippen molar-refractivity contribution in [3.05, 3.63) is 29.6 Å². The van der Waals surface area contributed by atoms with Gasteiger partial charge in [0.2, 0.25) is 0 Å². The van der Waals surface area contributed by atoms with Gasteiger partial charge in [0.15, 0.2) is 9.84 Å². The van der Waals surface area contributed by atoms with Crippen molar-refractivity contribution in [1.82, 2.24) is 5.32 Å². The van der Waals surface area contributed by atoms with Crippen molar-refractivity contribution in [3.8, 4) is 0 Å². The van der Waals surface area contributed by atoms with Gasteiger partial charge in [-0.15, -0.1) is 0 Å². The first-order chi connectivity index (χ1) is 7.91. The minimum atomic E-state index is -3.47. The average molecular weight is 257 g/mol. The van der Waals surface area contributed by atoms with Crippen LogP contribution < -0.4 is 5.32 Å². The summed E-state index contributed by atoms with van der Waals surface area (Å²) in [5, 5.41) is 3.16. The van der Waals surface area contributed by atoms with Crippen LogP contribution in [0.2, 0.25) is 0 Å². The minimum absolute atomic E-state index is 0.217. The first-order valence-corrected chi connectivity index (χ1v) is 7.47. The number of halogens is 1. The fourth-order valence-corrected chi connectivity index (χ4v) is 2.93. The van der Waals surface area contributed by atoms with Crippen LogP contribution in [0.15, 0.2) is 23.1 Å². The Hall–Kier alpha value is -0.940. The number of benzene rings is 1. The minimum Gasteiger partial charge on any atom is -0.317 e. The van der Waals surface area contributed by atoms with Gasteiger partial charge >= 0.3 is 0 Å². The van der Waals surface area contributed by atoms with Gasteiger partial charge < -0.3 is 5.32 Å². The first-order valence-electron chi connectivity index (χ1n) is 5.58. The third-order valence-electron chi connectivity index (χ3n) is 3.37. The lowest BCUT2D eigenvalue weighted by Crippen LogP contribution is -2.37. The van der Waals surface area contributed by atoms with Gasteiger partial charge in [0.05, 0.1) is 0 Å². The maximum Gasteiger partial charge on any atom is 0.178 e. The molecule has 94 valence electrons. The third-order valence-corrected chi connectivity index (χ3v) is 4.50. The summed E-state index contributed by atoms with van der Waals surface area (Å²) in [4.78, 5) is -0.217. The van der Waals surface area contributed by atoms with Crippen molar-refractivity contribution in [3.63, 3.8) is 0 Å². The molecule has 0 saturated heterocycles. The Kier molecular flexibility index (Phi) is 3.23. The highest BCUT2D eigenvalue weighted by Gasteiger charge is 2.29. The SMILES string of the molecule is CNC1CC(c2ccc(S(C)(=O)=O)c(F)c2)C1. The quantitative estimate of drug-likeness (QED) is 0.896. The summed E-state index contributed by atoms with van der Waals surface area (Å²) in [5.41, 5.74) is 0.890. The van der Waals surface area contributed by atoms with Gasteiger partial charge in [0.1, 0.15) is 10.7 Å². The molecule has 2 rings (SSSR count). The van der Waals surface area contributed by atoms with Gasteiger partial charge in [-0.3, -0.25) is 0 Å². The summed E-state index contributed by atoms with van der Waals surface area (Å²) in [5.74, 6) is -0.298. The summed E-state index contributed by atoms with van der Waals surface area (Å²) in [7, 11) is -1.56. The molecular formula is C12H16FNO2S. The van der Waals surface area contributed by atoms with Crippen molar-refractivity contribution < 1.29 is 12.8 Å². The van der Waals surface area contributed by atoms with Gasteiger partial charge in [-0.05, 0) is 43.5 Å². The van der Waals surface area contributed by atoms with E-state index in [4.69, 9.17) is 0 Å². The van der Waals surface area contributed by atoms with Crippen LogP contribution in [0.4, 0.5) is 4.39 Å². The van der Waals surface area contributed by atoms with Crippen LogP contribution in [0, 0.1) is 5.82 Å². The zero-order valence-electron chi connectivity index (χ0n) is 9.90. The molecule has 1 saturated carbocycles. The average Bonchev–Trinajstić information content (AvgIpc) is 2.14. The van der Waals surface area contributed by atoms with E-state index in [1.54, 1.807) is 6.07 Å². The molecule has 1 fully saturated rings. The Bertz CT molecular complexity index is 521. The molecule has 17 heavy (non-hydrogen) atoms. The van der Waals surface area contributed by atoms with E-state index in [0.717, 1.165) is 24.7 Å². The summed E-state index contributed by atoms with van der Waals surface area (Å²) in [6, 6.07) is 4.94. The van der Waals surface area contributed by atoms with Crippen LogP contribution >= 0.6 is 0 Å². The lowest BCUT2D eigenvalue weighted by atomic mass is 9.76. The summed E-state index contributed by atoms with van der Waals surface area (Å²) in [6.45, 7) is 0. The molecule has 0 bridgehead atoms. The highest BCUT2D eigenvalue weighted by Crippen LogP contribution is 2.37. The van der Waals surface area contributed by atoms with Gasteiger partial charge in [-0.25, -0.2) is 12.8 Å². The largest absolute Gasteiger partial charge is 0.317 e. The van der Waals surface area contributed by atoms with E-state index in [2.05, 4.69) is 5.32 Å². The van der Waals surface area contributed by atoms with Crippen molar-refractivity contribution in [2.75, 3.05) is 13.3 Å². The zero-order chi connectivity index (χ0) is 12.6. The monoisotopic (exact) mass is 257 g/mol. The smallest absolute Gasteiger partial charge is 0.178 e. The van der Waals surface area contributed by atoms with Crippen molar-refractivity contribution >= 4 is 9.84 Å². The highest BCUT2D eigenvalue weighted by molar-refractivity contribution is 7.90. The van der Waals surface area contributed by atoms with Crippen LogP contribution in [0.5, 0.6) is 0 Å². The fourth-order valence-electron chi connectivity index (χ4n) is 2.20. The van der Waals surface area contributed by atoms with Crippen molar-refractivity contribution in [1.29, 1.82) is 0 Å². The van der Waals surface area contributed by atoms with Crippen LogP contribution in [-0.4, -0.2) is 27.8 Å². The number of hydrogen-bond donors (Lipinski definition) is 1. The number of sulfone groups is 1. The third kappa shape index (κ3) is 2.50. The molecule has 0 atom stereocenters. The molecule has 0 aromatic heterocycles. The molecule has 5 heteroatoms. The van der Waals surface area contributed by atoms with Crippen molar-refractivity contribution in [2.24, 2.45) is 0 Å². The molecule has 1 aliphatic carbocycles. The second-order valence-corrected chi connectivity index (χ2v) is 6.60. The molecule has 1 aromatic rings. The Balaban J connectivity index is 2.21. The lowest BCUT2D eigenvalue weighted by molar-refractivity contribution is 0.306. The van der Waals surface area contributed by atoms with Gasteiger partial charge in [-0.2, -0.15) is 0 Å². The maximum absolute atomic E-state index is 13.7. The summed E-state index contributed by atoms with van der Waals surface area (Å²) in [6.07, 6.45) is 2.98. The van der Waals surface area contributed by atoms with Gasteiger partial charge in [0, 0.05) is 12.3 Å². The Morgan fingerprint density at radius 1 is 1.35 bits per heavy atom. The topological polar surface area (TPSA) is 46.2 Å². The van der Waals surface area contributed by atoms with E-state index >= 15 is 0 Å². The lowest BCUT2D eigenvalue weighted by Gasteiger charge is -2.35. The van der Waals surface area contributed by atoms with E-state index in [0.29, 0.717) is 12.0 Å². The highest BCUT2D eigenvalue weighted by atomic mass is 32.2. The molecule has 1 N–H and O–H groups in total. The molecule has 1 aromatic carbocycles. The number of hydrogen-bond acceptors (Lipinski definition) is 3. The molecule has 1 aliphatic rings. The molecule has 0 aliphatic heterocycles. The molecular weight excluding hydrogens is 241 g/mol. The Morgan fingerprint density at radius 2 is 2.00 bits per heavy atom. The Morgan fingerprint density at radius 3 is 2.47 bits per heavy atom. The number of rotatable bonds is 3. The predicted octanol–water partition coefficient (Wildman–Crippen LogP) is 1.69. The van der Waals surface area contributed by atoms with Crippen LogP contribution in [0.3, 0.4) is 0 Å². The second-order valence-electron chi connectivity index (χ2n) is 4.62. The molecule has 0 unspecified atom stereocenters. The molecule has 0 spiro atoms. The van der Waals surface area contributed by atoms with E-state index in [1.807, 2.05) is 7.05 Å². The van der Waals surface area contributed by atoms with Crippen LogP contribution in [0.25, 0.3) is 0 Å². The van der Waals surface area contributed by atoms with E-state index in [-0.39, 0.29) is 4.90 Å². The van der Waals surface area contributed by atoms with E-state index in [1.165, 1.54) is 12.1 Å². The molecule has 3 nitrogen and oxygen atoms in total. The fraction of sp³-hybridized carbons (Fsp3) is 0.500. The molecule has 0 amide bonds. The van der Waals surface area contributed by atoms with Gasteiger partial charge in [0.25, 0.3) is 0 Å². The van der Waals surface area contributed by atoms with Crippen molar-refractivity contribution in [2.45, 2.75) is 29.7 Å².